The number of piperidine rings is 1. The van der Waals surface area contributed by atoms with Crippen LogP contribution in [0.2, 0.25) is 0 Å². The molecule has 0 spiro atoms. The first kappa shape index (κ1) is 19.2. The molecule has 0 N–H and O–H groups in total. The molecule has 150 valence electrons. The minimum Gasteiger partial charge on any atom is -0.497 e. The zero-order valence-electron chi connectivity index (χ0n) is 16.9. The van der Waals surface area contributed by atoms with E-state index in [1.54, 1.807) is 7.11 Å². The second kappa shape index (κ2) is 8.11. The first-order chi connectivity index (χ1) is 14.1. The smallest absolute Gasteiger partial charge is 0.278 e. The van der Waals surface area contributed by atoms with Gasteiger partial charge in [-0.15, -0.1) is 0 Å². The highest BCUT2D eigenvalue weighted by Crippen LogP contribution is 2.35. The van der Waals surface area contributed by atoms with Crippen LogP contribution in [0.1, 0.15) is 30.9 Å². The molecule has 2 heterocycles. The molecule has 2 aliphatic heterocycles. The minimum absolute atomic E-state index is 0.195. The van der Waals surface area contributed by atoms with Gasteiger partial charge in [0.15, 0.2) is 0 Å². The number of amides is 2. The van der Waals surface area contributed by atoms with Crippen molar-refractivity contribution in [1.82, 2.24) is 9.80 Å². The molecule has 1 saturated heterocycles. The lowest BCUT2D eigenvalue weighted by atomic mass is 9.97. The van der Waals surface area contributed by atoms with Gasteiger partial charge in [-0.1, -0.05) is 49.4 Å². The van der Waals surface area contributed by atoms with Crippen LogP contribution in [0.3, 0.4) is 0 Å². The Bertz CT molecular complexity index is 926. The van der Waals surface area contributed by atoms with Crippen LogP contribution in [-0.2, 0) is 16.1 Å². The van der Waals surface area contributed by atoms with Crippen molar-refractivity contribution in [3.63, 3.8) is 0 Å². The van der Waals surface area contributed by atoms with Gasteiger partial charge in [-0.3, -0.25) is 14.5 Å². The molecule has 2 aromatic carbocycles. The molecule has 0 atom stereocenters. The summed E-state index contributed by atoms with van der Waals surface area (Å²) >= 11 is 0. The fourth-order valence-corrected chi connectivity index (χ4v) is 4.02. The largest absolute Gasteiger partial charge is 0.497 e. The maximum Gasteiger partial charge on any atom is 0.278 e. The maximum atomic E-state index is 13.4. The summed E-state index contributed by atoms with van der Waals surface area (Å²) in [5.74, 6) is 0.946. The van der Waals surface area contributed by atoms with Crippen LogP contribution >= 0.6 is 0 Å². The average molecular weight is 390 g/mol. The third-order valence-electron chi connectivity index (χ3n) is 5.81. The van der Waals surface area contributed by atoms with E-state index < -0.39 is 0 Å². The van der Waals surface area contributed by atoms with Gasteiger partial charge in [0.05, 0.1) is 19.2 Å². The number of carbonyl (C=O) groups is 2. The van der Waals surface area contributed by atoms with Gasteiger partial charge in [-0.2, -0.15) is 0 Å². The lowest BCUT2D eigenvalue weighted by molar-refractivity contribution is -0.138. The average Bonchev–Trinajstić information content (AvgIpc) is 3.00. The first-order valence-corrected chi connectivity index (χ1v) is 10.1. The Morgan fingerprint density at radius 2 is 1.59 bits per heavy atom. The van der Waals surface area contributed by atoms with Crippen LogP contribution in [0, 0.1) is 5.92 Å². The topological polar surface area (TPSA) is 49.9 Å². The van der Waals surface area contributed by atoms with Crippen LogP contribution in [0.25, 0.3) is 5.57 Å². The van der Waals surface area contributed by atoms with Crippen molar-refractivity contribution in [2.24, 2.45) is 5.92 Å². The van der Waals surface area contributed by atoms with Crippen LogP contribution in [0.4, 0.5) is 0 Å². The highest BCUT2D eigenvalue weighted by Gasteiger charge is 2.42. The summed E-state index contributed by atoms with van der Waals surface area (Å²) in [6.07, 6.45) is 2.05. The van der Waals surface area contributed by atoms with Crippen molar-refractivity contribution in [1.29, 1.82) is 0 Å². The summed E-state index contributed by atoms with van der Waals surface area (Å²) in [4.78, 5) is 30.2. The number of likely N-dealkylation sites (tertiary alicyclic amines) is 1. The fourth-order valence-electron chi connectivity index (χ4n) is 4.02. The molecule has 2 aliphatic rings. The molecule has 0 aromatic heterocycles. The molecule has 5 nitrogen and oxygen atoms in total. The number of ether oxygens (including phenoxy) is 1. The number of methoxy groups -OCH3 is 1. The van der Waals surface area contributed by atoms with E-state index in [0.29, 0.717) is 17.2 Å². The number of imide groups is 1. The van der Waals surface area contributed by atoms with Crippen molar-refractivity contribution in [2.75, 3.05) is 20.2 Å². The molecule has 29 heavy (non-hydrogen) atoms. The molecule has 2 aromatic rings. The second-order valence-corrected chi connectivity index (χ2v) is 7.80. The van der Waals surface area contributed by atoms with E-state index in [1.807, 2.05) is 54.6 Å². The quantitative estimate of drug-likeness (QED) is 0.731. The summed E-state index contributed by atoms with van der Waals surface area (Å²) in [5, 5.41) is 0. The first-order valence-electron chi connectivity index (χ1n) is 10.1. The van der Waals surface area contributed by atoms with Crippen LogP contribution in [0.5, 0.6) is 5.75 Å². The third kappa shape index (κ3) is 3.77. The van der Waals surface area contributed by atoms with Crippen LogP contribution in [-0.4, -0.2) is 41.8 Å². The summed E-state index contributed by atoms with van der Waals surface area (Å²) in [7, 11) is 1.61. The van der Waals surface area contributed by atoms with Gasteiger partial charge in [-0.05, 0) is 42.0 Å². The highest BCUT2D eigenvalue weighted by atomic mass is 16.5. The molecule has 0 aliphatic carbocycles. The highest BCUT2D eigenvalue weighted by molar-refractivity contribution is 6.35. The van der Waals surface area contributed by atoms with Gasteiger partial charge in [0, 0.05) is 13.1 Å². The molecule has 0 unspecified atom stereocenters. The Morgan fingerprint density at radius 1 is 0.931 bits per heavy atom. The molecule has 2 amide bonds. The number of hydrogen-bond donors (Lipinski definition) is 0. The predicted molar refractivity (Wildman–Crippen MR) is 112 cm³/mol. The molecule has 5 heteroatoms. The summed E-state index contributed by atoms with van der Waals surface area (Å²) in [6.45, 7) is 4.12. The SMILES string of the molecule is COc1ccc(C2=C(N3CCC(C)CC3)C(=O)N(Cc3ccccc3)C2=O)cc1. The van der Waals surface area contributed by atoms with Crippen molar-refractivity contribution in [2.45, 2.75) is 26.3 Å². The van der Waals surface area contributed by atoms with Crippen LogP contribution in [0.15, 0.2) is 60.3 Å². The molecular formula is C24H26N2O3. The van der Waals surface area contributed by atoms with Crippen molar-refractivity contribution < 1.29 is 14.3 Å². The van der Waals surface area contributed by atoms with Crippen molar-refractivity contribution >= 4 is 17.4 Å². The van der Waals surface area contributed by atoms with Crippen LogP contribution < -0.4 is 4.74 Å². The van der Waals surface area contributed by atoms with E-state index >= 15 is 0 Å². The van der Waals surface area contributed by atoms with Gasteiger partial charge in [0.2, 0.25) is 0 Å². The van der Waals surface area contributed by atoms with Crippen molar-refractivity contribution in [3.8, 4) is 5.75 Å². The van der Waals surface area contributed by atoms with E-state index in [-0.39, 0.29) is 18.4 Å². The number of nitrogens with zero attached hydrogens (tertiary/aromatic N) is 2. The summed E-state index contributed by atoms with van der Waals surface area (Å²) in [6, 6.07) is 17.0. The Hall–Kier alpha value is -3.08. The lowest BCUT2D eigenvalue weighted by Crippen LogP contribution is -2.38. The number of benzene rings is 2. The monoisotopic (exact) mass is 390 g/mol. The van der Waals surface area contributed by atoms with E-state index in [9.17, 15) is 9.59 Å². The third-order valence-corrected chi connectivity index (χ3v) is 5.81. The van der Waals surface area contributed by atoms with E-state index in [4.69, 9.17) is 4.74 Å². The minimum atomic E-state index is -0.224. The fraction of sp³-hybridized carbons (Fsp3) is 0.333. The van der Waals surface area contributed by atoms with Gasteiger partial charge >= 0.3 is 0 Å². The Kier molecular flexibility index (Phi) is 5.38. The normalized spacial score (nSPS) is 18.0. The standard InChI is InChI=1S/C24H26N2O3/c1-17-12-14-25(15-13-17)22-21(19-8-10-20(29-2)11-9-19)23(27)26(24(22)28)16-18-6-4-3-5-7-18/h3-11,17H,12-16H2,1-2H3. The zero-order valence-corrected chi connectivity index (χ0v) is 16.9. The molecule has 1 fully saturated rings. The molecule has 4 rings (SSSR count). The summed E-state index contributed by atoms with van der Waals surface area (Å²) in [5.41, 5.74) is 2.75. The molecule has 0 bridgehead atoms. The van der Waals surface area contributed by atoms with E-state index in [1.165, 1.54) is 4.90 Å². The second-order valence-electron chi connectivity index (χ2n) is 7.80. The maximum absolute atomic E-state index is 13.4. The van der Waals surface area contributed by atoms with Crippen molar-refractivity contribution in [3.05, 3.63) is 71.4 Å². The molecule has 0 radical (unpaired) electrons. The molecule has 0 saturated carbocycles. The Morgan fingerprint density at radius 3 is 2.21 bits per heavy atom. The van der Waals surface area contributed by atoms with Gasteiger partial charge in [0.1, 0.15) is 11.4 Å². The number of rotatable bonds is 5. The Balaban J connectivity index is 1.72. The number of carbonyl (C=O) groups excluding carboxylic acids is 2. The molecular weight excluding hydrogens is 364 g/mol. The summed E-state index contributed by atoms with van der Waals surface area (Å²) < 4.78 is 5.25. The van der Waals surface area contributed by atoms with Gasteiger partial charge in [-0.25, -0.2) is 0 Å². The lowest BCUT2D eigenvalue weighted by Gasteiger charge is -2.32. The van der Waals surface area contributed by atoms with Gasteiger partial charge < -0.3 is 9.64 Å². The Labute approximate surface area is 171 Å². The number of hydrogen-bond acceptors (Lipinski definition) is 4. The zero-order chi connectivity index (χ0) is 20.4. The van der Waals surface area contributed by atoms with E-state index in [2.05, 4.69) is 11.8 Å². The van der Waals surface area contributed by atoms with Gasteiger partial charge in [0.25, 0.3) is 11.8 Å². The predicted octanol–water partition coefficient (Wildman–Crippen LogP) is 3.71. The van der Waals surface area contributed by atoms with E-state index in [0.717, 1.165) is 42.8 Å².